The summed E-state index contributed by atoms with van der Waals surface area (Å²) in [6.45, 7) is 8.52. The molecule has 2 aromatic rings. The first kappa shape index (κ1) is 19.3. The largest absolute Gasteiger partial charge is 0.340 e. The standard InChI is InChI=1S/C20H26ClN3OS/c1-3-15(4-2)20(25)24-11-9-23(10-12-24)13-18-14-26-19(22-18)16-5-7-17(21)8-6-16/h5-8,14-15H,3-4,9-13H2,1-2H3. The van der Waals surface area contributed by atoms with E-state index >= 15 is 0 Å². The second-order valence-electron chi connectivity index (χ2n) is 6.77. The second kappa shape index (κ2) is 8.98. The molecule has 140 valence electrons. The topological polar surface area (TPSA) is 36.4 Å². The maximum atomic E-state index is 12.5. The van der Waals surface area contributed by atoms with Gasteiger partial charge in [-0.1, -0.05) is 37.6 Å². The molecule has 0 unspecified atom stereocenters. The van der Waals surface area contributed by atoms with E-state index in [0.717, 1.165) is 66.9 Å². The van der Waals surface area contributed by atoms with Gasteiger partial charge in [0.25, 0.3) is 0 Å². The van der Waals surface area contributed by atoms with Crippen LogP contribution in [0, 0.1) is 5.92 Å². The summed E-state index contributed by atoms with van der Waals surface area (Å²) in [6.07, 6.45) is 1.86. The normalized spacial score (nSPS) is 15.6. The van der Waals surface area contributed by atoms with Crippen molar-refractivity contribution in [2.45, 2.75) is 33.2 Å². The molecule has 0 atom stereocenters. The molecule has 1 saturated heterocycles. The van der Waals surface area contributed by atoms with E-state index in [1.54, 1.807) is 11.3 Å². The first-order valence-electron chi connectivity index (χ1n) is 9.32. The molecule has 0 N–H and O–H groups in total. The minimum atomic E-state index is 0.182. The first-order chi connectivity index (χ1) is 12.6. The van der Waals surface area contributed by atoms with E-state index in [4.69, 9.17) is 16.6 Å². The highest BCUT2D eigenvalue weighted by Crippen LogP contribution is 2.26. The molecule has 1 amide bonds. The monoisotopic (exact) mass is 391 g/mol. The summed E-state index contributed by atoms with van der Waals surface area (Å²) in [4.78, 5) is 21.7. The molecular weight excluding hydrogens is 366 g/mol. The Hall–Kier alpha value is -1.43. The Balaban J connectivity index is 1.54. The number of rotatable bonds is 6. The molecule has 6 heteroatoms. The van der Waals surface area contributed by atoms with E-state index in [1.165, 1.54) is 0 Å². The zero-order chi connectivity index (χ0) is 18.5. The summed E-state index contributed by atoms with van der Waals surface area (Å²) in [5.41, 5.74) is 2.20. The SMILES string of the molecule is CCC(CC)C(=O)N1CCN(Cc2csc(-c3ccc(Cl)cc3)n2)CC1. The van der Waals surface area contributed by atoms with Crippen LogP contribution in [0.2, 0.25) is 5.02 Å². The summed E-state index contributed by atoms with van der Waals surface area (Å²) in [5, 5.41) is 3.90. The predicted octanol–water partition coefficient (Wildman–Crippen LogP) is 4.54. The minimum Gasteiger partial charge on any atom is -0.340 e. The molecule has 0 spiro atoms. The van der Waals surface area contributed by atoms with Crippen molar-refractivity contribution >= 4 is 28.8 Å². The lowest BCUT2D eigenvalue weighted by Gasteiger charge is -2.36. The van der Waals surface area contributed by atoms with Gasteiger partial charge in [-0.2, -0.15) is 0 Å². The average Bonchev–Trinajstić information content (AvgIpc) is 3.12. The van der Waals surface area contributed by atoms with Crippen LogP contribution in [-0.2, 0) is 11.3 Å². The van der Waals surface area contributed by atoms with Gasteiger partial charge in [-0.25, -0.2) is 4.98 Å². The van der Waals surface area contributed by atoms with Gasteiger partial charge in [0.1, 0.15) is 5.01 Å². The molecular formula is C20H26ClN3OS. The van der Waals surface area contributed by atoms with Gasteiger partial charge >= 0.3 is 0 Å². The van der Waals surface area contributed by atoms with Crippen molar-refractivity contribution in [2.24, 2.45) is 5.92 Å². The number of hydrogen-bond donors (Lipinski definition) is 0. The molecule has 1 aliphatic heterocycles. The molecule has 2 heterocycles. The number of benzene rings is 1. The van der Waals surface area contributed by atoms with E-state index in [-0.39, 0.29) is 5.92 Å². The highest BCUT2D eigenvalue weighted by Gasteiger charge is 2.25. The summed E-state index contributed by atoms with van der Waals surface area (Å²) < 4.78 is 0. The predicted molar refractivity (Wildman–Crippen MR) is 108 cm³/mol. The zero-order valence-corrected chi connectivity index (χ0v) is 17.0. The number of thiazole rings is 1. The van der Waals surface area contributed by atoms with Crippen LogP contribution in [0.1, 0.15) is 32.4 Å². The van der Waals surface area contributed by atoms with Crippen molar-refractivity contribution < 1.29 is 4.79 Å². The summed E-state index contributed by atoms with van der Waals surface area (Å²) in [7, 11) is 0. The van der Waals surface area contributed by atoms with Crippen molar-refractivity contribution in [2.75, 3.05) is 26.2 Å². The zero-order valence-electron chi connectivity index (χ0n) is 15.4. The summed E-state index contributed by atoms with van der Waals surface area (Å²) in [5.74, 6) is 0.510. The summed E-state index contributed by atoms with van der Waals surface area (Å²) >= 11 is 7.62. The fourth-order valence-corrected chi connectivity index (χ4v) is 4.30. The highest BCUT2D eigenvalue weighted by atomic mass is 35.5. The third kappa shape index (κ3) is 4.64. The van der Waals surface area contributed by atoms with Crippen LogP contribution in [0.15, 0.2) is 29.6 Å². The number of hydrogen-bond acceptors (Lipinski definition) is 4. The van der Waals surface area contributed by atoms with Crippen molar-refractivity contribution in [1.82, 2.24) is 14.8 Å². The summed E-state index contributed by atoms with van der Waals surface area (Å²) in [6, 6.07) is 7.81. The lowest BCUT2D eigenvalue weighted by molar-refractivity contribution is -0.137. The smallest absolute Gasteiger partial charge is 0.225 e. The van der Waals surface area contributed by atoms with Gasteiger partial charge in [0, 0.05) is 54.6 Å². The van der Waals surface area contributed by atoms with Crippen molar-refractivity contribution in [3.8, 4) is 10.6 Å². The van der Waals surface area contributed by atoms with Crippen LogP contribution in [0.25, 0.3) is 10.6 Å². The molecule has 0 aliphatic carbocycles. The Bertz CT molecular complexity index is 719. The Morgan fingerprint density at radius 2 is 1.81 bits per heavy atom. The quantitative estimate of drug-likeness (QED) is 0.725. The Morgan fingerprint density at radius 3 is 2.42 bits per heavy atom. The van der Waals surface area contributed by atoms with Crippen molar-refractivity contribution in [3.05, 3.63) is 40.4 Å². The van der Waals surface area contributed by atoms with Crippen molar-refractivity contribution in [3.63, 3.8) is 0 Å². The van der Waals surface area contributed by atoms with Gasteiger partial charge in [-0.15, -0.1) is 11.3 Å². The van der Waals surface area contributed by atoms with E-state index in [1.807, 2.05) is 29.2 Å². The third-order valence-electron chi connectivity index (χ3n) is 5.05. The molecule has 4 nitrogen and oxygen atoms in total. The minimum absolute atomic E-state index is 0.182. The Labute approximate surface area is 164 Å². The molecule has 1 aromatic carbocycles. The van der Waals surface area contributed by atoms with Gasteiger partial charge < -0.3 is 4.90 Å². The van der Waals surface area contributed by atoms with Gasteiger partial charge in [-0.3, -0.25) is 9.69 Å². The number of nitrogens with zero attached hydrogens (tertiary/aromatic N) is 3. The fraction of sp³-hybridized carbons (Fsp3) is 0.500. The first-order valence-corrected chi connectivity index (χ1v) is 10.6. The second-order valence-corrected chi connectivity index (χ2v) is 8.06. The van der Waals surface area contributed by atoms with Gasteiger partial charge in [0.15, 0.2) is 0 Å². The van der Waals surface area contributed by atoms with Gasteiger partial charge in [0.2, 0.25) is 5.91 Å². The average molecular weight is 392 g/mol. The number of piperazine rings is 1. The van der Waals surface area contributed by atoms with Crippen LogP contribution in [0.4, 0.5) is 0 Å². The lowest BCUT2D eigenvalue weighted by atomic mass is 10.0. The molecule has 1 fully saturated rings. The van der Waals surface area contributed by atoms with E-state index in [2.05, 4.69) is 24.1 Å². The fourth-order valence-electron chi connectivity index (χ4n) is 3.36. The van der Waals surface area contributed by atoms with Crippen LogP contribution in [-0.4, -0.2) is 46.9 Å². The molecule has 26 heavy (non-hydrogen) atoms. The van der Waals surface area contributed by atoms with Gasteiger partial charge in [-0.05, 0) is 25.0 Å². The molecule has 0 bridgehead atoms. The molecule has 0 radical (unpaired) electrons. The van der Waals surface area contributed by atoms with E-state index in [9.17, 15) is 4.79 Å². The maximum Gasteiger partial charge on any atom is 0.225 e. The number of carbonyl (C=O) groups is 1. The molecule has 1 aliphatic rings. The number of aromatic nitrogens is 1. The van der Waals surface area contributed by atoms with Crippen LogP contribution in [0.3, 0.4) is 0 Å². The maximum absolute atomic E-state index is 12.5. The number of amides is 1. The van der Waals surface area contributed by atoms with Crippen LogP contribution >= 0.6 is 22.9 Å². The van der Waals surface area contributed by atoms with Gasteiger partial charge in [0.05, 0.1) is 5.69 Å². The highest BCUT2D eigenvalue weighted by molar-refractivity contribution is 7.13. The molecule has 1 aromatic heterocycles. The molecule has 3 rings (SSSR count). The van der Waals surface area contributed by atoms with Crippen molar-refractivity contribution in [1.29, 1.82) is 0 Å². The number of carbonyl (C=O) groups excluding carboxylic acids is 1. The number of halogens is 1. The van der Waals surface area contributed by atoms with E-state index < -0.39 is 0 Å². The van der Waals surface area contributed by atoms with Crippen LogP contribution in [0.5, 0.6) is 0 Å². The Kier molecular flexibility index (Phi) is 6.68. The van der Waals surface area contributed by atoms with Crippen LogP contribution < -0.4 is 0 Å². The lowest BCUT2D eigenvalue weighted by Crippen LogP contribution is -2.49. The molecule has 0 saturated carbocycles. The third-order valence-corrected chi connectivity index (χ3v) is 6.24. The Morgan fingerprint density at radius 1 is 1.15 bits per heavy atom. The van der Waals surface area contributed by atoms with E-state index in [0.29, 0.717) is 5.91 Å².